The van der Waals surface area contributed by atoms with Gasteiger partial charge in [0.25, 0.3) is 11.6 Å². The molecule has 0 bridgehead atoms. The van der Waals surface area contributed by atoms with Gasteiger partial charge in [-0.15, -0.1) is 0 Å². The molecule has 3 aromatic carbocycles. The first-order valence-corrected chi connectivity index (χ1v) is 10.1. The van der Waals surface area contributed by atoms with Crippen molar-refractivity contribution in [3.05, 3.63) is 80.3 Å². The molecule has 0 spiro atoms. The molecule has 0 radical (unpaired) electrons. The fourth-order valence-electron chi connectivity index (χ4n) is 3.09. The molecule has 9 heteroatoms. The number of amides is 1. The SMILES string of the molecule is CCc1ccc2oc(-c3cc(NC(=O)c4cc([N+](=O)[O-])ccc4Br)ccc3O)nc2c1. The smallest absolute Gasteiger partial charge is 0.270 e. The highest BCUT2D eigenvalue weighted by Crippen LogP contribution is 2.34. The molecule has 0 aliphatic carbocycles. The molecule has 0 aliphatic heterocycles. The molecule has 0 saturated heterocycles. The molecule has 4 rings (SSSR count). The van der Waals surface area contributed by atoms with Gasteiger partial charge in [0.2, 0.25) is 5.89 Å². The van der Waals surface area contributed by atoms with Crippen LogP contribution in [-0.2, 0) is 6.42 Å². The lowest BCUT2D eigenvalue weighted by Gasteiger charge is -2.09. The molecule has 2 N–H and O–H groups in total. The van der Waals surface area contributed by atoms with E-state index in [1.165, 1.54) is 36.4 Å². The maximum absolute atomic E-state index is 12.7. The van der Waals surface area contributed by atoms with Crippen LogP contribution in [0.4, 0.5) is 11.4 Å². The van der Waals surface area contributed by atoms with Gasteiger partial charge in [0.1, 0.15) is 11.3 Å². The number of hydrogen-bond donors (Lipinski definition) is 2. The molecule has 1 heterocycles. The third-order valence-corrected chi connectivity index (χ3v) is 5.44. The van der Waals surface area contributed by atoms with Gasteiger partial charge in [-0.1, -0.05) is 13.0 Å². The van der Waals surface area contributed by atoms with Crippen molar-refractivity contribution in [1.82, 2.24) is 4.98 Å². The fourth-order valence-corrected chi connectivity index (χ4v) is 3.52. The second-order valence-corrected chi connectivity index (χ2v) is 7.64. The van der Waals surface area contributed by atoms with Gasteiger partial charge >= 0.3 is 0 Å². The zero-order chi connectivity index (χ0) is 22.1. The quantitative estimate of drug-likeness (QED) is 0.215. The van der Waals surface area contributed by atoms with Crippen LogP contribution in [-0.4, -0.2) is 20.9 Å². The van der Waals surface area contributed by atoms with Crippen LogP contribution in [0, 0.1) is 10.1 Å². The number of fused-ring (bicyclic) bond motifs is 1. The molecular formula is C22H16BrN3O5. The molecule has 1 aromatic heterocycles. The van der Waals surface area contributed by atoms with Crippen molar-refractivity contribution in [3.63, 3.8) is 0 Å². The Kier molecular flexibility index (Phi) is 5.43. The number of carbonyl (C=O) groups excluding carboxylic acids is 1. The van der Waals surface area contributed by atoms with Crippen molar-refractivity contribution in [2.24, 2.45) is 0 Å². The first kappa shape index (κ1) is 20.5. The van der Waals surface area contributed by atoms with E-state index >= 15 is 0 Å². The molecule has 0 unspecified atom stereocenters. The van der Waals surface area contributed by atoms with Gasteiger partial charge in [0.15, 0.2) is 5.58 Å². The average molecular weight is 482 g/mol. The predicted octanol–water partition coefficient (Wildman–Crippen LogP) is 5.69. The van der Waals surface area contributed by atoms with E-state index in [1.54, 1.807) is 0 Å². The van der Waals surface area contributed by atoms with Crippen molar-refractivity contribution < 1.29 is 19.2 Å². The van der Waals surface area contributed by atoms with Crippen molar-refractivity contribution in [2.75, 3.05) is 5.32 Å². The number of nitro benzene ring substituents is 1. The normalized spacial score (nSPS) is 10.9. The number of aryl methyl sites for hydroxylation is 1. The summed E-state index contributed by atoms with van der Waals surface area (Å²) in [6.45, 7) is 2.04. The van der Waals surface area contributed by atoms with Crippen LogP contribution >= 0.6 is 15.9 Å². The predicted molar refractivity (Wildman–Crippen MR) is 119 cm³/mol. The third kappa shape index (κ3) is 4.13. The average Bonchev–Trinajstić information content (AvgIpc) is 3.18. The Morgan fingerprint density at radius 2 is 2.00 bits per heavy atom. The number of nitrogens with zero attached hydrogens (tertiary/aromatic N) is 2. The number of halogens is 1. The van der Waals surface area contributed by atoms with E-state index < -0.39 is 10.8 Å². The Labute approximate surface area is 184 Å². The summed E-state index contributed by atoms with van der Waals surface area (Å²) in [4.78, 5) is 27.6. The van der Waals surface area contributed by atoms with Crippen molar-refractivity contribution in [3.8, 4) is 17.2 Å². The van der Waals surface area contributed by atoms with Gasteiger partial charge in [0, 0.05) is 22.3 Å². The minimum absolute atomic E-state index is 0.0585. The summed E-state index contributed by atoms with van der Waals surface area (Å²) in [7, 11) is 0. The van der Waals surface area contributed by atoms with Gasteiger partial charge < -0.3 is 14.8 Å². The number of rotatable bonds is 5. The van der Waals surface area contributed by atoms with Crippen molar-refractivity contribution >= 4 is 44.3 Å². The monoisotopic (exact) mass is 481 g/mol. The number of phenolic OH excluding ortho intramolecular Hbond substituents is 1. The third-order valence-electron chi connectivity index (χ3n) is 4.75. The van der Waals surface area contributed by atoms with Crippen LogP contribution in [0.25, 0.3) is 22.6 Å². The number of nitrogens with one attached hydrogen (secondary N) is 1. The first-order valence-electron chi connectivity index (χ1n) is 9.34. The Morgan fingerprint density at radius 1 is 1.19 bits per heavy atom. The summed E-state index contributed by atoms with van der Waals surface area (Å²) < 4.78 is 6.19. The Morgan fingerprint density at radius 3 is 2.74 bits per heavy atom. The summed E-state index contributed by atoms with van der Waals surface area (Å²) >= 11 is 3.24. The summed E-state index contributed by atoms with van der Waals surface area (Å²) in [5.74, 6) is -0.387. The Bertz CT molecular complexity index is 1330. The van der Waals surface area contributed by atoms with E-state index in [1.807, 2.05) is 25.1 Å². The van der Waals surface area contributed by atoms with Crippen molar-refractivity contribution in [1.29, 1.82) is 0 Å². The van der Waals surface area contributed by atoms with Crippen molar-refractivity contribution in [2.45, 2.75) is 13.3 Å². The standard InChI is InChI=1S/C22H16BrN3O5/c1-2-12-3-8-20-18(9-12)25-22(31-20)16-10-13(4-7-19(16)27)24-21(28)15-11-14(26(29)30)5-6-17(15)23/h3-11,27H,2H2,1H3,(H,24,28). The number of benzene rings is 3. The lowest BCUT2D eigenvalue weighted by molar-refractivity contribution is -0.384. The van der Waals surface area contributed by atoms with Gasteiger partial charge in [-0.2, -0.15) is 0 Å². The van der Waals surface area contributed by atoms with Gasteiger partial charge in [-0.3, -0.25) is 14.9 Å². The molecule has 156 valence electrons. The largest absolute Gasteiger partial charge is 0.507 e. The number of phenols is 1. The summed E-state index contributed by atoms with van der Waals surface area (Å²) in [5.41, 5.74) is 2.96. The zero-order valence-corrected chi connectivity index (χ0v) is 17.8. The maximum atomic E-state index is 12.7. The van der Waals surface area contributed by atoms with Crippen LogP contribution in [0.2, 0.25) is 0 Å². The molecule has 31 heavy (non-hydrogen) atoms. The van der Waals surface area contributed by atoms with E-state index in [2.05, 4.69) is 26.2 Å². The molecule has 4 aromatic rings. The number of aromatic hydroxyl groups is 1. The molecule has 0 fully saturated rings. The van der Waals surface area contributed by atoms with Crippen LogP contribution in [0.5, 0.6) is 5.75 Å². The number of aromatic nitrogens is 1. The molecular weight excluding hydrogens is 466 g/mol. The zero-order valence-electron chi connectivity index (χ0n) is 16.3. The second-order valence-electron chi connectivity index (χ2n) is 6.78. The van der Waals surface area contributed by atoms with E-state index in [4.69, 9.17) is 4.42 Å². The van der Waals surface area contributed by atoms with E-state index in [-0.39, 0.29) is 22.9 Å². The summed E-state index contributed by atoms with van der Waals surface area (Å²) in [5, 5.41) is 24.0. The van der Waals surface area contributed by atoms with E-state index in [0.29, 0.717) is 26.8 Å². The Balaban J connectivity index is 1.66. The molecule has 1 amide bonds. The summed E-state index contributed by atoms with van der Waals surface area (Å²) in [6, 6.07) is 14.1. The lowest BCUT2D eigenvalue weighted by atomic mass is 10.1. The molecule has 0 atom stereocenters. The topological polar surface area (TPSA) is 118 Å². The number of carbonyl (C=O) groups is 1. The number of oxazole rings is 1. The molecule has 0 saturated carbocycles. The molecule has 0 aliphatic rings. The van der Waals surface area contributed by atoms with Crippen LogP contribution < -0.4 is 5.32 Å². The number of hydrogen-bond acceptors (Lipinski definition) is 6. The number of nitro groups is 1. The van der Waals surface area contributed by atoms with Gasteiger partial charge in [-0.05, 0) is 64.3 Å². The van der Waals surface area contributed by atoms with E-state index in [9.17, 15) is 20.0 Å². The van der Waals surface area contributed by atoms with Crippen LogP contribution in [0.1, 0.15) is 22.8 Å². The summed E-state index contributed by atoms with van der Waals surface area (Å²) in [6.07, 6.45) is 0.859. The first-order chi connectivity index (χ1) is 14.9. The fraction of sp³-hybridized carbons (Fsp3) is 0.0909. The number of non-ortho nitro benzene ring substituents is 1. The van der Waals surface area contributed by atoms with Crippen LogP contribution in [0.15, 0.2) is 63.5 Å². The highest BCUT2D eigenvalue weighted by atomic mass is 79.9. The second kappa shape index (κ2) is 8.19. The highest BCUT2D eigenvalue weighted by Gasteiger charge is 2.18. The maximum Gasteiger partial charge on any atom is 0.270 e. The minimum Gasteiger partial charge on any atom is -0.507 e. The van der Waals surface area contributed by atoms with Crippen LogP contribution in [0.3, 0.4) is 0 Å². The van der Waals surface area contributed by atoms with Gasteiger partial charge in [-0.25, -0.2) is 4.98 Å². The van der Waals surface area contributed by atoms with E-state index in [0.717, 1.165) is 12.0 Å². The Hall–Kier alpha value is -3.72. The number of anilines is 1. The highest BCUT2D eigenvalue weighted by molar-refractivity contribution is 9.10. The lowest BCUT2D eigenvalue weighted by Crippen LogP contribution is -2.13. The molecule has 8 nitrogen and oxygen atoms in total. The van der Waals surface area contributed by atoms with Gasteiger partial charge in [0.05, 0.1) is 16.1 Å². The minimum atomic E-state index is -0.570.